The van der Waals surface area contributed by atoms with Crippen LogP contribution in [0.25, 0.3) is 0 Å². The van der Waals surface area contributed by atoms with Gasteiger partial charge in [-0.1, -0.05) is 6.07 Å². The van der Waals surface area contributed by atoms with Crippen molar-refractivity contribution in [2.24, 2.45) is 0 Å². The predicted octanol–water partition coefficient (Wildman–Crippen LogP) is 2.49. The van der Waals surface area contributed by atoms with E-state index in [4.69, 9.17) is 0 Å². The number of hydrogen-bond acceptors (Lipinski definition) is 3. The summed E-state index contributed by atoms with van der Waals surface area (Å²) in [5.41, 5.74) is 2.46. The summed E-state index contributed by atoms with van der Waals surface area (Å²) >= 11 is 0. The van der Waals surface area contributed by atoms with Gasteiger partial charge in [0, 0.05) is 31.4 Å². The fraction of sp³-hybridized carbons (Fsp3) is 0.643. The van der Waals surface area contributed by atoms with Crippen LogP contribution in [0.3, 0.4) is 0 Å². The topological polar surface area (TPSA) is 28.2 Å². The molecule has 17 heavy (non-hydrogen) atoms. The monoisotopic (exact) mass is 233 g/mol. The molecular weight excluding hydrogens is 210 g/mol. The highest BCUT2D eigenvalue weighted by Gasteiger charge is 2.20. The van der Waals surface area contributed by atoms with E-state index in [1.54, 1.807) is 0 Å². The number of nitrogens with zero attached hydrogens (tertiary/aromatic N) is 2. The molecule has 1 saturated carbocycles. The van der Waals surface area contributed by atoms with Gasteiger partial charge >= 0.3 is 0 Å². The van der Waals surface area contributed by atoms with E-state index in [1.165, 1.54) is 18.4 Å². The Kier molecular flexibility index (Phi) is 3.67. The van der Waals surface area contributed by atoms with Crippen molar-refractivity contribution < 1.29 is 0 Å². The van der Waals surface area contributed by atoms with E-state index in [-0.39, 0.29) is 0 Å². The molecule has 1 fully saturated rings. The fourth-order valence-electron chi connectivity index (χ4n) is 1.77. The van der Waals surface area contributed by atoms with E-state index in [1.807, 2.05) is 0 Å². The van der Waals surface area contributed by atoms with Gasteiger partial charge in [0.15, 0.2) is 0 Å². The minimum absolute atomic E-state index is 0.484. The molecule has 94 valence electrons. The van der Waals surface area contributed by atoms with Gasteiger partial charge < -0.3 is 10.2 Å². The summed E-state index contributed by atoms with van der Waals surface area (Å²) in [6.45, 7) is 7.41. The van der Waals surface area contributed by atoms with Crippen LogP contribution in [-0.4, -0.2) is 24.1 Å². The third kappa shape index (κ3) is 3.19. The van der Waals surface area contributed by atoms with Gasteiger partial charge in [-0.15, -0.1) is 0 Å². The Labute approximate surface area is 104 Å². The predicted molar refractivity (Wildman–Crippen MR) is 72.4 cm³/mol. The van der Waals surface area contributed by atoms with Gasteiger partial charge in [-0.25, -0.2) is 4.98 Å². The highest BCUT2D eigenvalue weighted by atomic mass is 15.2. The molecule has 0 atom stereocenters. The SMILES string of the molecule is Cc1nc(N(C)C(C)C)ccc1CNC1CC1. The van der Waals surface area contributed by atoms with Gasteiger partial charge in [-0.05, 0) is 45.2 Å². The minimum atomic E-state index is 0.484. The summed E-state index contributed by atoms with van der Waals surface area (Å²) in [7, 11) is 2.09. The van der Waals surface area contributed by atoms with E-state index >= 15 is 0 Å². The van der Waals surface area contributed by atoms with Crippen LogP contribution in [0, 0.1) is 6.92 Å². The van der Waals surface area contributed by atoms with E-state index in [0.717, 1.165) is 24.1 Å². The molecule has 1 aliphatic rings. The average molecular weight is 233 g/mol. The minimum Gasteiger partial charge on any atom is -0.357 e. The zero-order chi connectivity index (χ0) is 12.4. The summed E-state index contributed by atoms with van der Waals surface area (Å²) in [5, 5.41) is 3.53. The van der Waals surface area contributed by atoms with Crippen LogP contribution in [0.2, 0.25) is 0 Å². The molecule has 1 aromatic heterocycles. The maximum Gasteiger partial charge on any atom is 0.128 e. The largest absolute Gasteiger partial charge is 0.357 e. The summed E-state index contributed by atoms with van der Waals surface area (Å²) < 4.78 is 0. The third-order valence-electron chi connectivity index (χ3n) is 3.48. The number of aromatic nitrogens is 1. The van der Waals surface area contributed by atoms with Crippen molar-refractivity contribution in [1.82, 2.24) is 10.3 Å². The van der Waals surface area contributed by atoms with Gasteiger partial charge in [0.1, 0.15) is 5.82 Å². The van der Waals surface area contributed by atoms with Crippen molar-refractivity contribution >= 4 is 5.82 Å². The lowest BCUT2D eigenvalue weighted by atomic mass is 10.2. The maximum atomic E-state index is 4.68. The first kappa shape index (κ1) is 12.4. The number of aryl methyl sites for hydroxylation is 1. The smallest absolute Gasteiger partial charge is 0.128 e. The van der Waals surface area contributed by atoms with Crippen LogP contribution < -0.4 is 10.2 Å². The van der Waals surface area contributed by atoms with Crippen LogP contribution in [0.15, 0.2) is 12.1 Å². The number of pyridine rings is 1. The Morgan fingerprint density at radius 1 is 1.41 bits per heavy atom. The second kappa shape index (κ2) is 5.05. The van der Waals surface area contributed by atoms with Crippen molar-refractivity contribution in [3.63, 3.8) is 0 Å². The molecule has 0 saturated heterocycles. The first-order valence-corrected chi connectivity index (χ1v) is 6.50. The van der Waals surface area contributed by atoms with E-state index in [9.17, 15) is 0 Å². The molecule has 1 aliphatic carbocycles. The second-order valence-electron chi connectivity index (χ2n) is 5.27. The Balaban J connectivity index is 2.04. The number of nitrogens with one attached hydrogen (secondary N) is 1. The van der Waals surface area contributed by atoms with E-state index < -0.39 is 0 Å². The first-order valence-electron chi connectivity index (χ1n) is 6.50. The summed E-state index contributed by atoms with van der Waals surface area (Å²) in [5.74, 6) is 1.06. The Morgan fingerprint density at radius 2 is 2.12 bits per heavy atom. The van der Waals surface area contributed by atoms with Gasteiger partial charge in [0.25, 0.3) is 0 Å². The molecule has 2 rings (SSSR count). The molecule has 3 heteroatoms. The lowest BCUT2D eigenvalue weighted by molar-refractivity contribution is 0.680. The highest BCUT2D eigenvalue weighted by molar-refractivity contribution is 5.41. The van der Waals surface area contributed by atoms with Gasteiger partial charge in [-0.3, -0.25) is 0 Å². The molecule has 0 unspecified atom stereocenters. The van der Waals surface area contributed by atoms with Crippen LogP contribution in [0.4, 0.5) is 5.82 Å². The van der Waals surface area contributed by atoms with Gasteiger partial charge in [0.2, 0.25) is 0 Å². The van der Waals surface area contributed by atoms with Crippen molar-refractivity contribution in [1.29, 1.82) is 0 Å². The quantitative estimate of drug-likeness (QED) is 0.847. The number of anilines is 1. The van der Waals surface area contributed by atoms with Crippen LogP contribution in [0.5, 0.6) is 0 Å². The van der Waals surface area contributed by atoms with E-state index in [2.05, 4.69) is 55.2 Å². The zero-order valence-corrected chi connectivity index (χ0v) is 11.3. The number of rotatable bonds is 5. The van der Waals surface area contributed by atoms with Crippen molar-refractivity contribution in [2.45, 2.75) is 52.2 Å². The fourth-order valence-corrected chi connectivity index (χ4v) is 1.77. The summed E-state index contributed by atoms with van der Waals surface area (Å²) in [4.78, 5) is 6.88. The average Bonchev–Trinajstić information content (AvgIpc) is 3.10. The Hall–Kier alpha value is -1.09. The zero-order valence-electron chi connectivity index (χ0n) is 11.3. The molecule has 0 amide bonds. The molecule has 0 radical (unpaired) electrons. The third-order valence-corrected chi connectivity index (χ3v) is 3.48. The van der Waals surface area contributed by atoms with Crippen molar-refractivity contribution in [3.05, 3.63) is 23.4 Å². The second-order valence-corrected chi connectivity index (χ2v) is 5.27. The lowest BCUT2D eigenvalue weighted by Crippen LogP contribution is -2.27. The van der Waals surface area contributed by atoms with Crippen molar-refractivity contribution in [3.8, 4) is 0 Å². The molecular formula is C14H23N3. The summed E-state index contributed by atoms with van der Waals surface area (Å²) in [6.07, 6.45) is 2.67. The number of hydrogen-bond donors (Lipinski definition) is 1. The summed E-state index contributed by atoms with van der Waals surface area (Å²) in [6, 6.07) is 5.56. The van der Waals surface area contributed by atoms with Gasteiger partial charge in [0.05, 0.1) is 0 Å². The molecule has 1 N–H and O–H groups in total. The maximum absolute atomic E-state index is 4.68. The lowest BCUT2D eigenvalue weighted by Gasteiger charge is -2.23. The Morgan fingerprint density at radius 3 is 2.65 bits per heavy atom. The molecule has 0 aliphatic heterocycles. The van der Waals surface area contributed by atoms with Crippen LogP contribution in [-0.2, 0) is 6.54 Å². The van der Waals surface area contributed by atoms with Gasteiger partial charge in [-0.2, -0.15) is 0 Å². The molecule has 1 heterocycles. The highest BCUT2D eigenvalue weighted by Crippen LogP contribution is 2.20. The van der Waals surface area contributed by atoms with Crippen LogP contribution >= 0.6 is 0 Å². The normalized spacial score (nSPS) is 15.4. The van der Waals surface area contributed by atoms with Crippen molar-refractivity contribution in [2.75, 3.05) is 11.9 Å². The first-order chi connectivity index (χ1) is 8.08. The molecule has 3 nitrogen and oxygen atoms in total. The van der Waals surface area contributed by atoms with E-state index in [0.29, 0.717) is 6.04 Å². The molecule has 0 aromatic carbocycles. The standard InChI is InChI=1S/C14H23N3/c1-10(2)17(4)14-8-5-12(11(3)16-14)9-15-13-6-7-13/h5,8,10,13,15H,6-7,9H2,1-4H3. The Bertz CT molecular complexity index is 383. The van der Waals surface area contributed by atoms with Crippen LogP contribution in [0.1, 0.15) is 37.9 Å². The molecule has 0 bridgehead atoms. The molecule has 1 aromatic rings. The molecule has 0 spiro atoms.